The van der Waals surface area contributed by atoms with Gasteiger partial charge in [-0.1, -0.05) is 25.5 Å². The van der Waals surface area contributed by atoms with Gasteiger partial charge in [-0.25, -0.2) is 0 Å². The first kappa shape index (κ1) is 11.2. The molecule has 1 heterocycles. The van der Waals surface area contributed by atoms with E-state index in [1.54, 1.807) is 0 Å². The second-order valence-electron chi connectivity index (χ2n) is 5.66. The summed E-state index contributed by atoms with van der Waals surface area (Å²) in [6.45, 7) is 7.79. The second kappa shape index (κ2) is 5.16. The Morgan fingerprint density at radius 3 is 2.80 bits per heavy atom. The Labute approximate surface area is 94.3 Å². The molecule has 1 N–H and O–H groups in total. The summed E-state index contributed by atoms with van der Waals surface area (Å²) in [4.78, 5) is 0. The minimum absolute atomic E-state index is 0.788. The minimum atomic E-state index is 0.788. The summed E-state index contributed by atoms with van der Waals surface area (Å²) in [6, 6.07) is 0.788. The molecule has 1 saturated carbocycles. The highest BCUT2D eigenvalue weighted by molar-refractivity contribution is 5.00. The number of hydrogen-bond acceptors (Lipinski definition) is 1. The maximum Gasteiger partial charge on any atom is 0.00986 e. The van der Waals surface area contributed by atoms with Gasteiger partial charge in [0.1, 0.15) is 0 Å². The molecule has 2 fully saturated rings. The predicted octanol–water partition coefficient (Wildman–Crippen LogP) is 3.51. The maximum atomic E-state index is 4.21. The maximum absolute atomic E-state index is 4.21. The monoisotopic (exact) mass is 207 g/mol. The van der Waals surface area contributed by atoms with Crippen molar-refractivity contribution in [2.24, 2.45) is 11.8 Å². The molecule has 86 valence electrons. The van der Waals surface area contributed by atoms with Crippen molar-refractivity contribution in [2.75, 3.05) is 6.54 Å². The molecule has 0 amide bonds. The third kappa shape index (κ3) is 3.07. The molecule has 1 heteroatoms. The first-order chi connectivity index (χ1) is 7.25. The zero-order chi connectivity index (χ0) is 10.7. The highest BCUT2D eigenvalue weighted by Crippen LogP contribution is 2.31. The lowest BCUT2D eigenvalue weighted by molar-refractivity contribution is 0.245. The minimum Gasteiger partial charge on any atom is -0.313 e. The number of nitrogens with one attached hydrogen (secondary N) is 1. The Kier molecular flexibility index (Phi) is 3.85. The molecule has 2 aliphatic rings. The molecular formula is C14H25N. The van der Waals surface area contributed by atoms with Crippen LogP contribution in [0.15, 0.2) is 12.2 Å². The molecule has 0 spiro atoms. The molecule has 0 aromatic carbocycles. The zero-order valence-electron chi connectivity index (χ0n) is 10.1. The van der Waals surface area contributed by atoms with Gasteiger partial charge in [0.2, 0.25) is 0 Å². The van der Waals surface area contributed by atoms with Crippen LogP contribution < -0.4 is 5.32 Å². The Hall–Kier alpha value is -0.300. The molecule has 3 atom stereocenters. The molecule has 1 aliphatic heterocycles. The largest absolute Gasteiger partial charge is 0.313 e. The van der Waals surface area contributed by atoms with Gasteiger partial charge in [0.15, 0.2) is 0 Å². The topological polar surface area (TPSA) is 12.0 Å². The molecule has 3 unspecified atom stereocenters. The van der Waals surface area contributed by atoms with E-state index in [2.05, 4.69) is 18.8 Å². The van der Waals surface area contributed by atoms with Crippen LogP contribution in [0.25, 0.3) is 0 Å². The SMILES string of the molecule is C=C1CCCCC(C2CCC(C)CN2)C1. The van der Waals surface area contributed by atoms with Gasteiger partial charge in [0.25, 0.3) is 0 Å². The van der Waals surface area contributed by atoms with Crippen molar-refractivity contribution in [3.63, 3.8) is 0 Å². The van der Waals surface area contributed by atoms with E-state index in [-0.39, 0.29) is 0 Å². The highest BCUT2D eigenvalue weighted by atomic mass is 14.9. The van der Waals surface area contributed by atoms with Gasteiger partial charge in [0.05, 0.1) is 0 Å². The summed E-state index contributed by atoms with van der Waals surface area (Å²) in [5, 5.41) is 3.75. The van der Waals surface area contributed by atoms with Crippen LogP contribution >= 0.6 is 0 Å². The normalized spacial score (nSPS) is 38.7. The molecule has 0 aromatic rings. The second-order valence-corrected chi connectivity index (χ2v) is 5.66. The number of piperidine rings is 1. The first-order valence-corrected chi connectivity index (χ1v) is 6.65. The molecule has 0 aromatic heterocycles. The first-order valence-electron chi connectivity index (χ1n) is 6.65. The number of hydrogen-bond donors (Lipinski definition) is 1. The highest BCUT2D eigenvalue weighted by Gasteiger charge is 2.26. The Morgan fingerprint density at radius 1 is 1.20 bits per heavy atom. The van der Waals surface area contributed by atoms with E-state index in [1.807, 2.05) is 0 Å². The summed E-state index contributed by atoms with van der Waals surface area (Å²) in [6.07, 6.45) is 9.58. The van der Waals surface area contributed by atoms with Gasteiger partial charge >= 0.3 is 0 Å². The van der Waals surface area contributed by atoms with Crippen LogP contribution in [0, 0.1) is 11.8 Å². The fourth-order valence-electron chi connectivity index (χ4n) is 3.12. The van der Waals surface area contributed by atoms with Crippen LogP contribution in [-0.2, 0) is 0 Å². The predicted molar refractivity (Wildman–Crippen MR) is 65.9 cm³/mol. The van der Waals surface area contributed by atoms with E-state index in [0.717, 1.165) is 17.9 Å². The number of allylic oxidation sites excluding steroid dienone is 1. The van der Waals surface area contributed by atoms with E-state index < -0.39 is 0 Å². The van der Waals surface area contributed by atoms with Crippen LogP contribution in [0.5, 0.6) is 0 Å². The Bertz CT molecular complexity index is 213. The van der Waals surface area contributed by atoms with Gasteiger partial charge in [-0.2, -0.15) is 0 Å². The summed E-state index contributed by atoms with van der Waals surface area (Å²) >= 11 is 0. The lowest BCUT2D eigenvalue weighted by atomic mass is 9.84. The van der Waals surface area contributed by atoms with Gasteiger partial charge in [-0.3, -0.25) is 0 Å². The van der Waals surface area contributed by atoms with E-state index >= 15 is 0 Å². The molecule has 1 aliphatic carbocycles. The molecule has 15 heavy (non-hydrogen) atoms. The summed E-state index contributed by atoms with van der Waals surface area (Å²) in [5.74, 6) is 1.77. The van der Waals surface area contributed by atoms with Crippen molar-refractivity contribution >= 4 is 0 Å². The van der Waals surface area contributed by atoms with Crippen molar-refractivity contribution in [3.05, 3.63) is 12.2 Å². The fraction of sp³-hybridized carbons (Fsp3) is 0.857. The Balaban J connectivity index is 1.88. The van der Waals surface area contributed by atoms with Gasteiger partial charge < -0.3 is 5.32 Å². The van der Waals surface area contributed by atoms with Crippen molar-refractivity contribution in [1.29, 1.82) is 0 Å². The van der Waals surface area contributed by atoms with Gasteiger partial charge in [0, 0.05) is 6.04 Å². The van der Waals surface area contributed by atoms with Crippen molar-refractivity contribution in [3.8, 4) is 0 Å². The average Bonchev–Trinajstić information content (AvgIpc) is 2.44. The van der Waals surface area contributed by atoms with Crippen molar-refractivity contribution < 1.29 is 0 Å². The van der Waals surface area contributed by atoms with Crippen molar-refractivity contribution in [1.82, 2.24) is 5.32 Å². The van der Waals surface area contributed by atoms with Gasteiger partial charge in [-0.15, -0.1) is 0 Å². The van der Waals surface area contributed by atoms with Crippen LogP contribution in [0.2, 0.25) is 0 Å². The molecule has 0 radical (unpaired) electrons. The standard InChI is InChI=1S/C14H25N/c1-11-5-3-4-6-13(9-11)14-8-7-12(2)10-15-14/h12-15H,1,3-10H2,2H3. The van der Waals surface area contributed by atoms with E-state index in [4.69, 9.17) is 0 Å². The summed E-state index contributed by atoms with van der Waals surface area (Å²) in [7, 11) is 0. The third-order valence-electron chi connectivity index (χ3n) is 4.17. The summed E-state index contributed by atoms with van der Waals surface area (Å²) < 4.78 is 0. The summed E-state index contributed by atoms with van der Waals surface area (Å²) in [5.41, 5.74) is 1.50. The van der Waals surface area contributed by atoms with Crippen LogP contribution in [-0.4, -0.2) is 12.6 Å². The fourth-order valence-corrected chi connectivity index (χ4v) is 3.12. The van der Waals surface area contributed by atoms with Crippen LogP contribution in [0.1, 0.15) is 51.9 Å². The lowest BCUT2D eigenvalue weighted by Crippen LogP contribution is -2.42. The van der Waals surface area contributed by atoms with Crippen LogP contribution in [0.3, 0.4) is 0 Å². The van der Waals surface area contributed by atoms with E-state index in [0.29, 0.717) is 0 Å². The molecule has 0 bridgehead atoms. The van der Waals surface area contributed by atoms with E-state index in [1.165, 1.54) is 57.1 Å². The zero-order valence-corrected chi connectivity index (χ0v) is 10.1. The van der Waals surface area contributed by atoms with Crippen LogP contribution in [0.4, 0.5) is 0 Å². The Morgan fingerprint density at radius 2 is 2.07 bits per heavy atom. The average molecular weight is 207 g/mol. The van der Waals surface area contributed by atoms with Gasteiger partial charge in [-0.05, 0) is 56.9 Å². The molecule has 2 rings (SSSR count). The van der Waals surface area contributed by atoms with Crippen molar-refractivity contribution in [2.45, 2.75) is 57.9 Å². The molecular weight excluding hydrogens is 182 g/mol. The smallest absolute Gasteiger partial charge is 0.00986 e. The molecule has 1 saturated heterocycles. The van der Waals surface area contributed by atoms with E-state index in [9.17, 15) is 0 Å². The molecule has 1 nitrogen and oxygen atoms in total. The third-order valence-corrected chi connectivity index (χ3v) is 4.17. The quantitative estimate of drug-likeness (QED) is 0.512. The number of rotatable bonds is 1. The lowest BCUT2D eigenvalue weighted by Gasteiger charge is -2.33.